The van der Waals surface area contributed by atoms with Crippen LogP contribution in [0.1, 0.15) is 25.5 Å². The minimum Gasteiger partial charge on any atom is -0.493 e. The Morgan fingerprint density at radius 2 is 1.89 bits per heavy atom. The molecule has 0 fully saturated rings. The zero-order valence-corrected chi connectivity index (χ0v) is 12.1. The lowest BCUT2D eigenvalue weighted by Crippen LogP contribution is -2.35. The van der Waals surface area contributed by atoms with Crippen molar-refractivity contribution in [3.8, 4) is 11.5 Å². The van der Waals surface area contributed by atoms with Crippen LogP contribution in [0, 0.1) is 0 Å². The number of carbonyl (C=O) groups excluding carboxylic acids is 1. The molecule has 0 aliphatic heterocycles. The van der Waals surface area contributed by atoms with Gasteiger partial charge in [0.1, 0.15) is 0 Å². The van der Waals surface area contributed by atoms with Crippen LogP contribution < -0.4 is 15.2 Å². The summed E-state index contributed by atoms with van der Waals surface area (Å²) >= 11 is 0. The summed E-state index contributed by atoms with van der Waals surface area (Å²) in [6, 6.07) is 5.39. The number of methoxy groups -OCH3 is 1. The van der Waals surface area contributed by atoms with Crippen LogP contribution in [-0.4, -0.2) is 38.1 Å². The Morgan fingerprint density at radius 3 is 2.37 bits per heavy atom. The largest absolute Gasteiger partial charge is 0.493 e. The van der Waals surface area contributed by atoms with E-state index in [1.165, 1.54) is 4.90 Å². The van der Waals surface area contributed by atoms with Crippen LogP contribution >= 0.6 is 0 Å². The molecule has 0 bridgehead atoms. The van der Waals surface area contributed by atoms with E-state index in [2.05, 4.69) is 0 Å². The van der Waals surface area contributed by atoms with E-state index in [1.54, 1.807) is 34.2 Å². The van der Waals surface area contributed by atoms with Gasteiger partial charge in [-0.2, -0.15) is 0 Å². The van der Waals surface area contributed by atoms with Crippen LogP contribution in [-0.2, 0) is 4.79 Å². The normalized spacial score (nSPS) is 13.6. The highest BCUT2D eigenvalue weighted by Crippen LogP contribution is 2.30. The maximum absolute atomic E-state index is 11.8. The van der Waals surface area contributed by atoms with Crippen LogP contribution in [0.2, 0.25) is 0 Å². The van der Waals surface area contributed by atoms with Gasteiger partial charge in [-0.25, -0.2) is 0 Å². The van der Waals surface area contributed by atoms with Crippen molar-refractivity contribution in [3.63, 3.8) is 0 Å². The quantitative estimate of drug-likeness (QED) is 0.878. The number of nitrogens with zero attached hydrogens (tertiary/aromatic N) is 1. The monoisotopic (exact) mass is 266 g/mol. The molecule has 1 amide bonds. The number of benzene rings is 1. The first kappa shape index (κ1) is 15.3. The van der Waals surface area contributed by atoms with Gasteiger partial charge >= 0.3 is 0 Å². The third kappa shape index (κ3) is 3.86. The van der Waals surface area contributed by atoms with Crippen molar-refractivity contribution < 1.29 is 14.3 Å². The molecule has 2 atom stereocenters. The summed E-state index contributed by atoms with van der Waals surface area (Å²) in [5, 5.41) is 0. The molecular formula is C14H22N2O3. The molecule has 0 spiro atoms. The van der Waals surface area contributed by atoms with Crippen molar-refractivity contribution in [2.75, 3.05) is 21.2 Å². The third-order valence-corrected chi connectivity index (χ3v) is 2.81. The minimum absolute atomic E-state index is 0.0798. The Hall–Kier alpha value is -1.75. The zero-order valence-electron chi connectivity index (χ0n) is 12.1. The minimum atomic E-state index is -0.565. The van der Waals surface area contributed by atoms with E-state index in [0.717, 1.165) is 5.56 Å². The number of rotatable bonds is 5. The highest BCUT2D eigenvalue weighted by Gasteiger charge is 2.18. The van der Waals surface area contributed by atoms with Gasteiger partial charge < -0.3 is 20.1 Å². The zero-order chi connectivity index (χ0) is 14.6. The summed E-state index contributed by atoms with van der Waals surface area (Å²) in [7, 11) is 4.95. The second kappa shape index (κ2) is 6.43. The van der Waals surface area contributed by atoms with Crippen molar-refractivity contribution in [3.05, 3.63) is 23.8 Å². The average Bonchev–Trinajstić information content (AvgIpc) is 2.37. The fourth-order valence-corrected chi connectivity index (χ4v) is 1.67. The number of hydrogen-bond acceptors (Lipinski definition) is 4. The van der Waals surface area contributed by atoms with E-state index in [4.69, 9.17) is 15.2 Å². The summed E-state index contributed by atoms with van der Waals surface area (Å²) in [4.78, 5) is 13.3. The summed E-state index contributed by atoms with van der Waals surface area (Å²) in [6.07, 6.45) is -0.565. The van der Waals surface area contributed by atoms with Crippen molar-refractivity contribution in [1.82, 2.24) is 4.90 Å². The van der Waals surface area contributed by atoms with E-state index in [-0.39, 0.29) is 11.9 Å². The molecule has 5 nitrogen and oxygen atoms in total. The molecule has 1 aromatic carbocycles. The molecular weight excluding hydrogens is 244 g/mol. The molecule has 0 heterocycles. The predicted molar refractivity (Wildman–Crippen MR) is 74.4 cm³/mol. The Bertz CT molecular complexity index is 444. The van der Waals surface area contributed by atoms with Crippen LogP contribution in [0.15, 0.2) is 18.2 Å². The molecule has 0 aliphatic carbocycles. The van der Waals surface area contributed by atoms with Gasteiger partial charge in [-0.3, -0.25) is 4.79 Å². The number of hydrogen-bond donors (Lipinski definition) is 1. The summed E-state index contributed by atoms with van der Waals surface area (Å²) in [5.41, 5.74) is 6.77. The fourth-order valence-electron chi connectivity index (χ4n) is 1.67. The van der Waals surface area contributed by atoms with Gasteiger partial charge in [0.05, 0.1) is 7.11 Å². The fraction of sp³-hybridized carbons (Fsp3) is 0.500. The van der Waals surface area contributed by atoms with Crippen LogP contribution in [0.4, 0.5) is 0 Å². The first-order chi connectivity index (χ1) is 8.86. The molecule has 0 radical (unpaired) electrons. The van der Waals surface area contributed by atoms with Crippen molar-refractivity contribution in [2.45, 2.75) is 26.0 Å². The van der Waals surface area contributed by atoms with Gasteiger partial charge in [-0.05, 0) is 31.5 Å². The number of likely N-dealkylation sites (N-methyl/N-ethyl adjacent to an activating group) is 1. The average molecular weight is 266 g/mol. The molecule has 0 aliphatic rings. The van der Waals surface area contributed by atoms with Gasteiger partial charge in [0.15, 0.2) is 17.6 Å². The Labute approximate surface area is 114 Å². The van der Waals surface area contributed by atoms with E-state index < -0.39 is 6.10 Å². The lowest BCUT2D eigenvalue weighted by atomic mass is 10.1. The Morgan fingerprint density at radius 1 is 1.26 bits per heavy atom. The van der Waals surface area contributed by atoms with Gasteiger partial charge in [0, 0.05) is 20.1 Å². The van der Waals surface area contributed by atoms with E-state index >= 15 is 0 Å². The van der Waals surface area contributed by atoms with E-state index in [1.807, 2.05) is 19.1 Å². The SMILES string of the molecule is COc1cc(C(C)N)ccc1OC(C)C(=O)N(C)C. The van der Waals surface area contributed by atoms with Gasteiger partial charge in [0.25, 0.3) is 5.91 Å². The van der Waals surface area contributed by atoms with Crippen molar-refractivity contribution in [1.29, 1.82) is 0 Å². The van der Waals surface area contributed by atoms with E-state index in [9.17, 15) is 4.79 Å². The van der Waals surface area contributed by atoms with Crippen molar-refractivity contribution >= 4 is 5.91 Å². The second-order valence-electron chi connectivity index (χ2n) is 4.69. The molecule has 19 heavy (non-hydrogen) atoms. The van der Waals surface area contributed by atoms with Crippen LogP contribution in [0.5, 0.6) is 11.5 Å². The smallest absolute Gasteiger partial charge is 0.262 e. The second-order valence-corrected chi connectivity index (χ2v) is 4.69. The van der Waals surface area contributed by atoms with Crippen molar-refractivity contribution in [2.24, 2.45) is 5.73 Å². The third-order valence-electron chi connectivity index (χ3n) is 2.81. The first-order valence-corrected chi connectivity index (χ1v) is 6.18. The molecule has 106 valence electrons. The Balaban J connectivity index is 2.92. The summed E-state index contributed by atoms with van der Waals surface area (Å²) in [6.45, 7) is 3.61. The summed E-state index contributed by atoms with van der Waals surface area (Å²) in [5.74, 6) is 1.01. The molecule has 2 N–H and O–H groups in total. The molecule has 0 aromatic heterocycles. The molecule has 2 unspecified atom stereocenters. The first-order valence-electron chi connectivity index (χ1n) is 6.18. The van der Waals surface area contributed by atoms with Gasteiger partial charge in [0.2, 0.25) is 0 Å². The number of carbonyl (C=O) groups is 1. The standard InChI is InChI=1S/C14H22N2O3/c1-9(15)11-6-7-12(13(8-11)18-5)19-10(2)14(17)16(3)4/h6-10H,15H2,1-5H3. The lowest BCUT2D eigenvalue weighted by Gasteiger charge is -2.20. The number of nitrogens with two attached hydrogens (primary N) is 1. The highest BCUT2D eigenvalue weighted by molar-refractivity contribution is 5.80. The maximum atomic E-state index is 11.8. The molecule has 1 aromatic rings. The number of amides is 1. The van der Waals surface area contributed by atoms with Gasteiger partial charge in [-0.15, -0.1) is 0 Å². The molecule has 0 saturated carbocycles. The molecule has 0 saturated heterocycles. The number of ether oxygens (including phenoxy) is 2. The lowest BCUT2D eigenvalue weighted by molar-refractivity contribution is -0.135. The molecule has 1 rings (SSSR count). The maximum Gasteiger partial charge on any atom is 0.262 e. The highest BCUT2D eigenvalue weighted by atomic mass is 16.5. The van der Waals surface area contributed by atoms with E-state index in [0.29, 0.717) is 11.5 Å². The van der Waals surface area contributed by atoms with Crippen LogP contribution in [0.25, 0.3) is 0 Å². The predicted octanol–water partition coefficient (Wildman–Crippen LogP) is 1.57. The summed E-state index contributed by atoms with van der Waals surface area (Å²) < 4.78 is 10.9. The molecule has 5 heteroatoms. The van der Waals surface area contributed by atoms with Gasteiger partial charge in [-0.1, -0.05) is 6.07 Å². The topological polar surface area (TPSA) is 64.8 Å². The Kier molecular flexibility index (Phi) is 5.18. The van der Waals surface area contributed by atoms with Crippen LogP contribution in [0.3, 0.4) is 0 Å².